The molecule has 1 amide bonds. The molecular formula is C15H18ClNO3. The van der Waals surface area contributed by atoms with E-state index < -0.39 is 12.0 Å². The van der Waals surface area contributed by atoms with Crippen molar-refractivity contribution in [3.8, 4) is 0 Å². The maximum absolute atomic E-state index is 12.6. The van der Waals surface area contributed by atoms with Gasteiger partial charge in [-0.3, -0.25) is 4.79 Å². The first-order valence-corrected chi connectivity index (χ1v) is 7.18. The fourth-order valence-corrected chi connectivity index (χ4v) is 2.87. The highest BCUT2D eigenvalue weighted by Gasteiger charge is 2.31. The first kappa shape index (κ1) is 14.9. The van der Waals surface area contributed by atoms with Gasteiger partial charge in [-0.2, -0.15) is 0 Å². The average Bonchev–Trinajstić information content (AvgIpc) is 2.63. The molecule has 0 radical (unpaired) electrons. The number of hydrogen-bond donors (Lipinski definition) is 1. The first-order chi connectivity index (χ1) is 9.50. The number of aryl methyl sites for hydroxylation is 1. The standard InChI is InChI=1S/C15H18ClNO3/c1-10-6-7-11(12(16)9-10)14(18)17-8-4-2-3-5-13(17)15(19)20/h6-7,9,13H,2-5,8H2,1H3,(H,19,20). The minimum atomic E-state index is -0.941. The van der Waals surface area contributed by atoms with Crippen molar-refractivity contribution in [2.24, 2.45) is 0 Å². The minimum absolute atomic E-state index is 0.288. The summed E-state index contributed by atoms with van der Waals surface area (Å²) in [5.41, 5.74) is 1.35. The highest BCUT2D eigenvalue weighted by Crippen LogP contribution is 2.24. The van der Waals surface area contributed by atoms with Crippen LogP contribution in [0.4, 0.5) is 0 Å². The Labute approximate surface area is 123 Å². The molecule has 1 aliphatic rings. The summed E-state index contributed by atoms with van der Waals surface area (Å²) in [4.78, 5) is 25.4. The van der Waals surface area contributed by atoms with Crippen LogP contribution in [0, 0.1) is 6.92 Å². The van der Waals surface area contributed by atoms with E-state index in [2.05, 4.69) is 0 Å². The van der Waals surface area contributed by atoms with Gasteiger partial charge in [-0.1, -0.05) is 30.5 Å². The number of carboxylic acid groups (broad SMARTS) is 1. The number of hydrogen-bond acceptors (Lipinski definition) is 2. The van der Waals surface area contributed by atoms with Crippen LogP contribution in [0.5, 0.6) is 0 Å². The lowest BCUT2D eigenvalue weighted by molar-refractivity contribution is -0.142. The van der Waals surface area contributed by atoms with Crippen molar-refractivity contribution < 1.29 is 14.7 Å². The molecule has 5 heteroatoms. The maximum Gasteiger partial charge on any atom is 0.326 e. The number of aliphatic carboxylic acids is 1. The molecule has 4 nitrogen and oxygen atoms in total. The molecule has 1 unspecified atom stereocenters. The Hall–Kier alpha value is -1.55. The zero-order valence-electron chi connectivity index (χ0n) is 11.4. The molecule has 1 N–H and O–H groups in total. The quantitative estimate of drug-likeness (QED) is 0.912. The highest BCUT2D eigenvalue weighted by molar-refractivity contribution is 6.33. The number of carbonyl (C=O) groups is 2. The number of carbonyl (C=O) groups excluding carboxylic acids is 1. The SMILES string of the molecule is Cc1ccc(C(=O)N2CCCCCC2C(=O)O)c(Cl)c1. The molecule has 0 spiro atoms. The number of amides is 1. The van der Waals surface area contributed by atoms with Gasteiger partial charge in [-0.05, 0) is 37.5 Å². The van der Waals surface area contributed by atoms with E-state index >= 15 is 0 Å². The summed E-state index contributed by atoms with van der Waals surface area (Å²) in [7, 11) is 0. The molecular weight excluding hydrogens is 278 g/mol. The Morgan fingerprint density at radius 2 is 2.05 bits per heavy atom. The number of likely N-dealkylation sites (tertiary alicyclic amines) is 1. The van der Waals surface area contributed by atoms with Gasteiger partial charge in [0.1, 0.15) is 6.04 Å². The number of rotatable bonds is 2. The van der Waals surface area contributed by atoms with E-state index in [-0.39, 0.29) is 5.91 Å². The Morgan fingerprint density at radius 3 is 2.70 bits per heavy atom. The molecule has 2 rings (SSSR count). The number of halogens is 1. The molecule has 0 aromatic heterocycles. The summed E-state index contributed by atoms with van der Waals surface area (Å²) in [6.45, 7) is 2.37. The second kappa shape index (κ2) is 6.27. The zero-order valence-corrected chi connectivity index (χ0v) is 12.2. The minimum Gasteiger partial charge on any atom is -0.480 e. The lowest BCUT2D eigenvalue weighted by Gasteiger charge is -2.27. The molecule has 0 bridgehead atoms. The van der Waals surface area contributed by atoms with Crippen molar-refractivity contribution in [2.75, 3.05) is 6.54 Å². The monoisotopic (exact) mass is 295 g/mol. The van der Waals surface area contributed by atoms with Gasteiger partial charge in [-0.15, -0.1) is 0 Å². The van der Waals surface area contributed by atoms with Crippen LogP contribution in [-0.2, 0) is 4.79 Å². The van der Waals surface area contributed by atoms with Gasteiger partial charge in [0.25, 0.3) is 5.91 Å². The fourth-order valence-electron chi connectivity index (χ4n) is 2.56. The van der Waals surface area contributed by atoms with E-state index in [1.807, 2.05) is 13.0 Å². The second-order valence-electron chi connectivity index (χ2n) is 5.19. The molecule has 1 aliphatic heterocycles. The van der Waals surface area contributed by atoms with Crippen LogP contribution in [0.3, 0.4) is 0 Å². The first-order valence-electron chi connectivity index (χ1n) is 6.80. The van der Waals surface area contributed by atoms with Crippen molar-refractivity contribution >= 4 is 23.5 Å². The predicted molar refractivity (Wildman–Crippen MR) is 77.1 cm³/mol. The van der Waals surface area contributed by atoms with E-state index in [0.717, 1.165) is 24.8 Å². The molecule has 1 aromatic rings. The van der Waals surface area contributed by atoms with Gasteiger partial charge in [0, 0.05) is 6.54 Å². The molecule has 0 saturated carbocycles. The molecule has 1 heterocycles. The summed E-state index contributed by atoms with van der Waals surface area (Å²) >= 11 is 6.12. The number of nitrogens with zero attached hydrogens (tertiary/aromatic N) is 1. The van der Waals surface area contributed by atoms with Crippen LogP contribution in [0.15, 0.2) is 18.2 Å². The number of benzene rings is 1. The molecule has 108 valence electrons. The van der Waals surface area contributed by atoms with E-state index in [4.69, 9.17) is 11.6 Å². The van der Waals surface area contributed by atoms with E-state index in [1.54, 1.807) is 12.1 Å². The normalized spacial score (nSPS) is 19.5. The zero-order chi connectivity index (χ0) is 14.7. The van der Waals surface area contributed by atoms with Crippen molar-refractivity contribution in [3.63, 3.8) is 0 Å². The average molecular weight is 296 g/mol. The van der Waals surface area contributed by atoms with Crippen molar-refractivity contribution in [3.05, 3.63) is 34.3 Å². The summed E-state index contributed by atoms with van der Waals surface area (Å²) < 4.78 is 0. The van der Waals surface area contributed by atoms with Crippen LogP contribution < -0.4 is 0 Å². The molecule has 1 saturated heterocycles. The molecule has 1 atom stereocenters. The second-order valence-corrected chi connectivity index (χ2v) is 5.59. The Bertz CT molecular complexity index is 530. The highest BCUT2D eigenvalue weighted by atomic mass is 35.5. The van der Waals surface area contributed by atoms with Crippen LogP contribution >= 0.6 is 11.6 Å². The number of carboxylic acids is 1. The van der Waals surface area contributed by atoms with Crippen LogP contribution in [0.2, 0.25) is 5.02 Å². The molecule has 1 aromatic carbocycles. The largest absolute Gasteiger partial charge is 0.480 e. The van der Waals surface area contributed by atoms with E-state index in [0.29, 0.717) is 23.6 Å². The van der Waals surface area contributed by atoms with Crippen LogP contribution in [0.25, 0.3) is 0 Å². The van der Waals surface area contributed by atoms with Crippen molar-refractivity contribution in [1.29, 1.82) is 0 Å². The van der Waals surface area contributed by atoms with Gasteiger partial charge in [0.15, 0.2) is 0 Å². The fraction of sp³-hybridized carbons (Fsp3) is 0.467. The Kier molecular flexibility index (Phi) is 4.65. The van der Waals surface area contributed by atoms with Gasteiger partial charge < -0.3 is 10.0 Å². The summed E-state index contributed by atoms with van der Waals surface area (Å²) in [5.74, 6) is -1.23. The third kappa shape index (κ3) is 3.12. The van der Waals surface area contributed by atoms with Gasteiger partial charge in [0.2, 0.25) is 0 Å². The van der Waals surface area contributed by atoms with Crippen LogP contribution in [-0.4, -0.2) is 34.5 Å². The van der Waals surface area contributed by atoms with E-state index in [9.17, 15) is 14.7 Å². The molecule has 20 heavy (non-hydrogen) atoms. The third-order valence-corrected chi connectivity index (χ3v) is 3.97. The topological polar surface area (TPSA) is 57.6 Å². The van der Waals surface area contributed by atoms with Gasteiger partial charge in [0.05, 0.1) is 10.6 Å². The van der Waals surface area contributed by atoms with Gasteiger partial charge in [-0.25, -0.2) is 4.79 Å². The molecule has 0 aliphatic carbocycles. The molecule has 1 fully saturated rings. The van der Waals surface area contributed by atoms with E-state index in [1.165, 1.54) is 4.90 Å². The lowest BCUT2D eigenvalue weighted by atomic mass is 10.1. The van der Waals surface area contributed by atoms with Crippen molar-refractivity contribution in [2.45, 2.75) is 38.6 Å². The van der Waals surface area contributed by atoms with Gasteiger partial charge >= 0.3 is 5.97 Å². The smallest absolute Gasteiger partial charge is 0.326 e. The summed E-state index contributed by atoms with van der Waals surface area (Å²) in [6, 6.07) is 4.46. The van der Waals surface area contributed by atoms with Crippen molar-refractivity contribution in [1.82, 2.24) is 4.90 Å². The summed E-state index contributed by atoms with van der Waals surface area (Å²) in [5, 5.41) is 9.69. The third-order valence-electron chi connectivity index (χ3n) is 3.65. The Morgan fingerprint density at radius 1 is 1.30 bits per heavy atom. The summed E-state index contributed by atoms with van der Waals surface area (Å²) in [6.07, 6.45) is 3.13. The Balaban J connectivity index is 2.31. The predicted octanol–water partition coefficient (Wildman–Crippen LogP) is 3.12. The maximum atomic E-state index is 12.6. The lowest BCUT2D eigenvalue weighted by Crippen LogP contribution is -2.44. The van der Waals surface area contributed by atoms with Crippen LogP contribution in [0.1, 0.15) is 41.6 Å².